The fourth-order valence-corrected chi connectivity index (χ4v) is 4.14. The summed E-state index contributed by atoms with van der Waals surface area (Å²) in [5.41, 5.74) is 1.57. The standard InChI is InChI=1S/C27H36Cl2N2O4/c1-5-8-16-30-27(33)19(4)31(18-21-22(28)10-9-11-23(21)29)26(32)15-13-20-12-14-24(34-6-2)25(17-20)35-7-3/h9-12,14,17,19H,5-8,13,15-16,18H2,1-4H3,(H,30,33)/t19-/m0/s1. The molecule has 0 spiro atoms. The molecule has 0 aliphatic carbocycles. The Morgan fingerprint density at radius 1 is 1.00 bits per heavy atom. The van der Waals surface area contributed by atoms with Gasteiger partial charge >= 0.3 is 0 Å². The van der Waals surface area contributed by atoms with Crippen molar-refractivity contribution in [3.63, 3.8) is 0 Å². The summed E-state index contributed by atoms with van der Waals surface area (Å²) in [6.45, 7) is 9.39. The van der Waals surface area contributed by atoms with Gasteiger partial charge < -0.3 is 19.7 Å². The average Bonchev–Trinajstić information content (AvgIpc) is 2.83. The zero-order valence-corrected chi connectivity index (χ0v) is 22.5. The number of amides is 2. The third-order valence-corrected chi connectivity index (χ3v) is 6.33. The quantitative estimate of drug-likeness (QED) is 0.306. The summed E-state index contributed by atoms with van der Waals surface area (Å²) in [7, 11) is 0. The maximum absolute atomic E-state index is 13.4. The van der Waals surface area contributed by atoms with Crippen molar-refractivity contribution in [2.24, 2.45) is 0 Å². The van der Waals surface area contributed by atoms with Crippen molar-refractivity contribution in [1.82, 2.24) is 10.2 Å². The van der Waals surface area contributed by atoms with E-state index < -0.39 is 6.04 Å². The van der Waals surface area contributed by atoms with Crippen LogP contribution in [0.4, 0.5) is 0 Å². The number of hydrogen-bond acceptors (Lipinski definition) is 4. The lowest BCUT2D eigenvalue weighted by atomic mass is 10.1. The molecule has 2 amide bonds. The van der Waals surface area contributed by atoms with Crippen molar-refractivity contribution in [3.05, 3.63) is 57.6 Å². The highest BCUT2D eigenvalue weighted by atomic mass is 35.5. The van der Waals surface area contributed by atoms with Crippen LogP contribution in [0.2, 0.25) is 10.0 Å². The van der Waals surface area contributed by atoms with Crippen LogP contribution in [-0.2, 0) is 22.6 Å². The lowest BCUT2D eigenvalue weighted by Gasteiger charge is -2.29. The molecule has 0 bridgehead atoms. The first-order valence-corrected chi connectivity index (χ1v) is 13.0. The average molecular weight is 524 g/mol. The molecule has 192 valence electrons. The Labute approximate surface area is 218 Å². The van der Waals surface area contributed by atoms with Gasteiger partial charge in [-0.25, -0.2) is 0 Å². The molecule has 0 aliphatic heterocycles. The Hall–Kier alpha value is -2.44. The molecule has 0 heterocycles. The van der Waals surface area contributed by atoms with E-state index in [4.69, 9.17) is 32.7 Å². The van der Waals surface area contributed by atoms with Crippen molar-refractivity contribution in [2.45, 2.75) is 66.0 Å². The zero-order valence-electron chi connectivity index (χ0n) is 21.0. The van der Waals surface area contributed by atoms with Crippen LogP contribution in [0.1, 0.15) is 58.1 Å². The van der Waals surface area contributed by atoms with Gasteiger partial charge in [-0.2, -0.15) is 0 Å². The van der Waals surface area contributed by atoms with Gasteiger partial charge in [0, 0.05) is 35.1 Å². The monoisotopic (exact) mass is 522 g/mol. The number of carbonyl (C=O) groups is 2. The Morgan fingerprint density at radius 2 is 1.66 bits per heavy atom. The van der Waals surface area contributed by atoms with Crippen LogP contribution in [0.3, 0.4) is 0 Å². The number of ether oxygens (including phenoxy) is 2. The second-order valence-electron chi connectivity index (χ2n) is 8.19. The summed E-state index contributed by atoms with van der Waals surface area (Å²) < 4.78 is 11.3. The van der Waals surface area contributed by atoms with Crippen LogP contribution >= 0.6 is 23.2 Å². The highest BCUT2D eigenvalue weighted by Crippen LogP contribution is 2.30. The van der Waals surface area contributed by atoms with E-state index in [-0.39, 0.29) is 24.8 Å². The maximum Gasteiger partial charge on any atom is 0.242 e. The summed E-state index contributed by atoms with van der Waals surface area (Å²) in [5.74, 6) is 0.972. The molecule has 2 rings (SSSR count). The Balaban J connectivity index is 2.21. The number of unbranched alkanes of at least 4 members (excludes halogenated alkanes) is 1. The molecule has 1 N–H and O–H groups in total. The van der Waals surface area contributed by atoms with Crippen LogP contribution in [0, 0.1) is 0 Å². The van der Waals surface area contributed by atoms with Crippen molar-refractivity contribution in [2.75, 3.05) is 19.8 Å². The lowest BCUT2D eigenvalue weighted by Crippen LogP contribution is -2.48. The van der Waals surface area contributed by atoms with Gasteiger partial charge in [0.2, 0.25) is 11.8 Å². The molecule has 6 nitrogen and oxygen atoms in total. The van der Waals surface area contributed by atoms with Gasteiger partial charge in [0.15, 0.2) is 11.5 Å². The third kappa shape index (κ3) is 8.62. The van der Waals surface area contributed by atoms with Crippen LogP contribution in [-0.4, -0.2) is 42.5 Å². The molecule has 0 radical (unpaired) electrons. The van der Waals surface area contributed by atoms with Gasteiger partial charge in [-0.1, -0.05) is 48.7 Å². The molecule has 0 aliphatic rings. The van der Waals surface area contributed by atoms with E-state index in [0.29, 0.717) is 53.3 Å². The minimum absolute atomic E-state index is 0.146. The number of benzene rings is 2. The predicted molar refractivity (Wildman–Crippen MR) is 141 cm³/mol. The fraction of sp³-hybridized carbons (Fsp3) is 0.481. The molecule has 0 saturated heterocycles. The van der Waals surface area contributed by atoms with E-state index in [9.17, 15) is 9.59 Å². The molecule has 2 aromatic carbocycles. The fourth-order valence-electron chi connectivity index (χ4n) is 3.62. The number of nitrogens with one attached hydrogen (secondary N) is 1. The molecule has 0 aromatic heterocycles. The molecule has 35 heavy (non-hydrogen) atoms. The summed E-state index contributed by atoms with van der Waals surface area (Å²) in [4.78, 5) is 27.8. The summed E-state index contributed by atoms with van der Waals surface area (Å²) in [6, 6.07) is 10.2. The molecule has 1 atom stereocenters. The predicted octanol–water partition coefficient (Wildman–Crippen LogP) is 6.06. The first kappa shape index (κ1) is 28.8. The first-order valence-electron chi connectivity index (χ1n) is 12.2. The van der Waals surface area contributed by atoms with Gasteiger partial charge in [0.1, 0.15) is 6.04 Å². The summed E-state index contributed by atoms with van der Waals surface area (Å²) >= 11 is 12.8. The van der Waals surface area contributed by atoms with Crippen molar-refractivity contribution in [3.8, 4) is 11.5 Å². The molecule has 0 unspecified atom stereocenters. The smallest absolute Gasteiger partial charge is 0.242 e. The zero-order chi connectivity index (χ0) is 25.8. The molecular weight excluding hydrogens is 487 g/mol. The highest BCUT2D eigenvalue weighted by Gasteiger charge is 2.27. The van der Waals surface area contributed by atoms with Crippen molar-refractivity contribution < 1.29 is 19.1 Å². The molecule has 0 fully saturated rings. The van der Waals surface area contributed by atoms with E-state index in [1.54, 1.807) is 30.0 Å². The van der Waals surface area contributed by atoms with E-state index >= 15 is 0 Å². The first-order chi connectivity index (χ1) is 16.8. The van der Waals surface area contributed by atoms with Crippen LogP contribution < -0.4 is 14.8 Å². The second kappa shape index (κ2) is 14.8. The topological polar surface area (TPSA) is 67.9 Å². The maximum atomic E-state index is 13.4. The van der Waals surface area contributed by atoms with E-state index in [2.05, 4.69) is 12.2 Å². The Morgan fingerprint density at radius 3 is 2.29 bits per heavy atom. The Bertz CT molecular complexity index is 963. The molecular formula is C27H36Cl2N2O4. The highest BCUT2D eigenvalue weighted by molar-refractivity contribution is 6.36. The van der Waals surface area contributed by atoms with Gasteiger partial charge in [-0.05, 0) is 63.4 Å². The third-order valence-electron chi connectivity index (χ3n) is 5.62. The summed E-state index contributed by atoms with van der Waals surface area (Å²) in [6.07, 6.45) is 2.55. The Kier molecular flexibility index (Phi) is 12.2. The van der Waals surface area contributed by atoms with Crippen molar-refractivity contribution in [1.29, 1.82) is 0 Å². The van der Waals surface area contributed by atoms with Gasteiger partial charge in [0.25, 0.3) is 0 Å². The van der Waals surface area contributed by atoms with Gasteiger partial charge in [-0.3, -0.25) is 9.59 Å². The van der Waals surface area contributed by atoms with Gasteiger partial charge in [0.05, 0.1) is 13.2 Å². The molecule has 0 saturated carbocycles. The van der Waals surface area contributed by atoms with Crippen LogP contribution in [0.5, 0.6) is 11.5 Å². The minimum Gasteiger partial charge on any atom is -0.490 e. The second-order valence-corrected chi connectivity index (χ2v) is 9.00. The number of nitrogens with zero attached hydrogens (tertiary/aromatic N) is 1. The van der Waals surface area contributed by atoms with E-state index in [1.807, 2.05) is 32.0 Å². The number of rotatable bonds is 14. The number of aryl methyl sites for hydroxylation is 1. The van der Waals surface area contributed by atoms with Crippen LogP contribution in [0.25, 0.3) is 0 Å². The SMILES string of the molecule is CCCCNC(=O)[C@H](C)N(Cc1c(Cl)cccc1Cl)C(=O)CCc1ccc(OCC)c(OCC)c1. The largest absolute Gasteiger partial charge is 0.490 e. The van der Waals surface area contributed by atoms with Crippen LogP contribution in [0.15, 0.2) is 36.4 Å². The number of carbonyl (C=O) groups excluding carboxylic acids is 2. The van der Waals surface area contributed by atoms with E-state index in [1.165, 1.54) is 0 Å². The molecule has 2 aromatic rings. The van der Waals surface area contributed by atoms with E-state index in [0.717, 1.165) is 18.4 Å². The number of halogens is 2. The normalized spacial score (nSPS) is 11.6. The lowest BCUT2D eigenvalue weighted by molar-refractivity contribution is -0.140. The molecule has 8 heteroatoms. The van der Waals surface area contributed by atoms with Crippen molar-refractivity contribution >= 4 is 35.0 Å². The summed E-state index contributed by atoms with van der Waals surface area (Å²) in [5, 5.41) is 3.84. The van der Waals surface area contributed by atoms with Gasteiger partial charge in [-0.15, -0.1) is 0 Å². The number of hydrogen-bond donors (Lipinski definition) is 1. The minimum atomic E-state index is -0.675.